The van der Waals surface area contributed by atoms with E-state index in [1.54, 1.807) is 26.2 Å². The lowest BCUT2D eigenvalue weighted by atomic mass is 10.1. The van der Waals surface area contributed by atoms with E-state index >= 15 is 0 Å². The summed E-state index contributed by atoms with van der Waals surface area (Å²) in [6, 6.07) is 10.3. The average molecular weight is 562 g/mol. The van der Waals surface area contributed by atoms with E-state index in [0.29, 0.717) is 41.6 Å². The Morgan fingerprint density at radius 2 is 1.94 bits per heavy atom. The van der Waals surface area contributed by atoms with E-state index in [2.05, 4.69) is 25.7 Å². The standard InChI is InChI=1S/C21H24F2N4O4.HI/c1-24-19(28)14-5-3-4-13(8-14)6-7-26-21(25-2)27-11-15-9-17-18(30-12-29-17)10-16(15)31-20(22)23;/h3-5,8-10,20H,6-7,11-12H2,1-2H3,(H,24,28)(H2,25,26,27);1H. The van der Waals surface area contributed by atoms with E-state index in [0.717, 1.165) is 5.56 Å². The number of alkyl halides is 2. The second-order valence-corrected chi connectivity index (χ2v) is 6.57. The van der Waals surface area contributed by atoms with Gasteiger partial charge in [0.25, 0.3) is 5.91 Å². The van der Waals surface area contributed by atoms with Gasteiger partial charge in [-0.05, 0) is 30.2 Å². The fraction of sp³-hybridized carbons (Fsp3) is 0.333. The Morgan fingerprint density at radius 3 is 2.62 bits per heavy atom. The van der Waals surface area contributed by atoms with Gasteiger partial charge < -0.3 is 30.2 Å². The number of ether oxygens (including phenoxy) is 3. The zero-order chi connectivity index (χ0) is 22.2. The summed E-state index contributed by atoms with van der Waals surface area (Å²) in [5.74, 6) is 1.19. The molecule has 0 radical (unpaired) electrons. The molecule has 0 fully saturated rings. The Labute approximate surface area is 201 Å². The number of aliphatic imine (C=N–C) groups is 1. The molecule has 0 spiro atoms. The second kappa shape index (κ2) is 12.3. The summed E-state index contributed by atoms with van der Waals surface area (Å²) >= 11 is 0. The molecule has 0 saturated heterocycles. The van der Waals surface area contributed by atoms with Crippen LogP contribution in [0.2, 0.25) is 0 Å². The van der Waals surface area contributed by atoms with Crippen molar-refractivity contribution in [1.29, 1.82) is 0 Å². The maximum atomic E-state index is 12.8. The van der Waals surface area contributed by atoms with Crippen molar-refractivity contribution in [1.82, 2.24) is 16.0 Å². The molecule has 1 heterocycles. The van der Waals surface area contributed by atoms with Crippen molar-refractivity contribution >= 4 is 35.8 Å². The first-order valence-electron chi connectivity index (χ1n) is 9.63. The number of nitrogens with zero attached hydrogens (tertiary/aromatic N) is 1. The lowest BCUT2D eigenvalue weighted by molar-refractivity contribution is -0.0505. The number of amides is 1. The van der Waals surface area contributed by atoms with E-state index < -0.39 is 6.61 Å². The number of fused-ring (bicyclic) bond motifs is 1. The van der Waals surface area contributed by atoms with Crippen molar-refractivity contribution in [3.63, 3.8) is 0 Å². The smallest absolute Gasteiger partial charge is 0.387 e. The third-order valence-electron chi connectivity index (χ3n) is 4.56. The van der Waals surface area contributed by atoms with Crippen molar-refractivity contribution in [2.75, 3.05) is 27.4 Å². The maximum Gasteiger partial charge on any atom is 0.387 e. The summed E-state index contributed by atoms with van der Waals surface area (Å²) in [6.45, 7) is -2.18. The Morgan fingerprint density at radius 1 is 1.19 bits per heavy atom. The van der Waals surface area contributed by atoms with Gasteiger partial charge in [0.1, 0.15) is 5.75 Å². The number of carbonyl (C=O) groups excluding carboxylic acids is 1. The van der Waals surface area contributed by atoms with E-state index in [1.165, 1.54) is 6.07 Å². The maximum absolute atomic E-state index is 12.8. The zero-order valence-electron chi connectivity index (χ0n) is 17.6. The molecule has 2 aromatic carbocycles. The fourth-order valence-corrected chi connectivity index (χ4v) is 3.05. The first kappa shape index (κ1) is 25.4. The Kier molecular flexibility index (Phi) is 9.75. The van der Waals surface area contributed by atoms with Crippen LogP contribution >= 0.6 is 24.0 Å². The van der Waals surface area contributed by atoms with E-state index in [1.807, 2.05) is 18.2 Å². The van der Waals surface area contributed by atoms with Crippen LogP contribution in [0.3, 0.4) is 0 Å². The monoisotopic (exact) mass is 562 g/mol. The highest BCUT2D eigenvalue weighted by Crippen LogP contribution is 2.38. The summed E-state index contributed by atoms with van der Waals surface area (Å²) in [5, 5.41) is 8.82. The van der Waals surface area contributed by atoms with Crippen molar-refractivity contribution < 1.29 is 27.8 Å². The molecule has 8 nitrogen and oxygen atoms in total. The molecule has 3 rings (SSSR count). The number of hydrogen-bond donors (Lipinski definition) is 3. The van der Waals surface area contributed by atoms with E-state index in [9.17, 15) is 13.6 Å². The van der Waals surface area contributed by atoms with E-state index in [4.69, 9.17) is 9.47 Å². The van der Waals surface area contributed by atoms with Gasteiger partial charge in [0.2, 0.25) is 6.79 Å². The number of halogens is 3. The molecule has 1 aliphatic heterocycles. The Bertz CT molecular complexity index is 959. The molecule has 11 heteroatoms. The largest absolute Gasteiger partial charge is 0.454 e. The van der Waals surface area contributed by atoms with Gasteiger partial charge >= 0.3 is 6.61 Å². The lowest BCUT2D eigenvalue weighted by Gasteiger charge is -2.15. The molecule has 3 N–H and O–H groups in total. The summed E-state index contributed by atoms with van der Waals surface area (Å²) in [5.41, 5.74) is 2.06. The van der Waals surface area contributed by atoms with Crippen LogP contribution in [0.25, 0.3) is 0 Å². The normalized spacial score (nSPS) is 12.2. The number of guanidine groups is 1. The van der Waals surface area contributed by atoms with E-state index in [-0.39, 0.29) is 49.0 Å². The molecule has 32 heavy (non-hydrogen) atoms. The lowest BCUT2D eigenvalue weighted by Crippen LogP contribution is -2.38. The zero-order valence-corrected chi connectivity index (χ0v) is 19.9. The third-order valence-corrected chi connectivity index (χ3v) is 4.56. The van der Waals surface area contributed by atoms with Gasteiger partial charge in [-0.3, -0.25) is 9.79 Å². The highest BCUT2D eigenvalue weighted by atomic mass is 127. The molecule has 1 aliphatic rings. The molecular formula is C21H25F2IN4O4. The number of benzene rings is 2. The number of hydrogen-bond acceptors (Lipinski definition) is 5. The average Bonchev–Trinajstić information content (AvgIpc) is 3.22. The number of nitrogens with one attached hydrogen (secondary N) is 3. The first-order chi connectivity index (χ1) is 15.0. The highest BCUT2D eigenvalue weighted by molar-refractivity contribution is 14.0. The van der Waals surface area contributed by atoms with Crippen LogP contribution in [0, 0.1) is 0 Å². The molecular weight excluding hydrogens is 537 g/mol. The van der Waals surface area contributed by atoms with Gasteiger partial charge in [-0.15, -0.1) is 24.0 Å². The van der Waals surface area contributed by atoms with Crippen LogP contribution in [0.15, 0.2) is 41.4 Å². The van der Waals surface area contributed by atoms with Crippen LogP contribution in [0.5, 0.6) is 17.2 Å². The van der Waals surface area contributed by atoms with Gasteiger partial charge in [0, 0.05) is 44.4 Å². The molecule has 1 amide bonds. The Hall–Kier alpha value is -2.83. The first-order valence-corrected chi connectivity index (χ1v) is 9.63. The predicted molar refractivity (Wildman–Crippen MR) is 126 cm³/mol. The minimum Gasteiger partial charge on any atom is -0.454 e. The van der Waals surface area contributed by atoms with Crippen molar-refractivity contribution in [3.05, 3.63) is 53.1 Å². The number of carbonyl (C=O) groups is 1. The third kappa shape index (κ3) is 6.84. The molecule has 0 unspecified atom stereocenters. The molecule has 174 valence electrons. The van der Waals surface area contributed by atoms with Crippen molar-refractivity contribution in [2.45, 2.75) is 19.6 Å². The van der Waals surface area contributed by atoms with Crippen LogP contribution < -0.4 is 30.2 Å². The highest BCUT2D eigenvalue weighted by Gasteiger charge is 2.20. The summed E-state index contributed by atoms with van der Waals surface area (Å²) < 4.78 is 40.7. The van der Waals surface area contributed by atoms with Crippen molar-refractivity contribution in [2.24, 2.45) is 4.99 Å². The van der Waals surface area contributed by atoms with Crippen LogP contribution in [-0.2, 0) is 13.0 Å². The summed E-state index contributed by atoms with van der Waals surface area (Å²) in [7, 11) is 3.20. The van der Waals surface area contributed by atoms with Crippen molar-refractivity contribution in [3.8, 4) is 17.2 Å². The van der Waals surface area contributed by atoms with Gasteiger partial charge in [0.15, 0.2) is 17.5 Å². The van der Waals surface area contributed by atoms with Gasteiger partial charge in [0.05, 0.1) is 0 Å². The SMILES string of the molecule is CN=C(NCCc1cccc(C(=O)NC)c1)NCc1cc2c(cc1OC(F)F)OCO2.I. The predicted octanol–water partition coefficient (Wildman–Crippen LogP) is 2.90. The minimum atomic E-state index is -2.96. The summed E-state index contributed by atoms with van der Waals surface area (Å²) in [6.07, 6.45) is 0.662. The topological polar surface area (TPSA) is 93.2 Å². The van der Waals surface area contributed by atoms with Gasteiger partial charge in [-0.25, -0.2) is 0 Å². The molecule has 0 aliphatic carbocycles. The Balaban J connectivity index is 0.00000363. The molecule has 0 atom stereocenters. The van der Waals surface area contributed by atoms with Gasteiger partial charge in [-0.1, -0.05) is 12.1 Å². The summed E-state index contributed by atoms with van der Waals surface area (Å²) in [4.78, 5) is 15.9. The van der Waals surface area contributed by atoms with Crippen LogP contribution in [-0.4, -0.2) is 45.9 Å². The van der Waals surface area contributed by atoms with Gasteiger partial charge in [-0.2, -0.15) is 8.78 Å². The second-order valence-electron chi connectivity index (χ2n) is 6.57. The quantitative estimate of drug-likeness (QED) is 0.261. The molecule has 0 saturated carbocycles. The minimum absolute atomic E-state index is 0. The van der Waals surface area contributed by atoms with Crippen LogP contribution in [0.1, 0.15) is 21.5 Å². The van der Waals surface area contributed by atoms with Crippen LogP contribution in [0.4, 0.5) is 8.78 Å². The molecule has 2 aromatic rings. The fourth-order valence-electron chi connectivity index (χ4n) is 3.05. The molecule has 0 aromatic heterocycles. The molecule has 0 bridgehead atoms. The number of rotatable bonds is 8.